The van der Waals surface area contributed by atoms with Gasteiger partial charge in [0.05, 0.1) is 0 Å². The Bertz CT molecular complexity index is 250. The number of nitrogens with one attached hydrogen (secondary N) is 2. The maximum Gasteiger partial charge on any atom is 0.326 e. The number of amides is 2. The van der Waals surface area contributed by atoms with Crippen LogP contribution in [-0.2, 0) is 9.53 Å². The van der Waals surface area contributed by atoms with Gasteiger partial charge in [-0.05, 0) is 13.2 Å². The molecule has 0 spiro atoms. The maximum absolute atomic E-state index is 11.5. The second kappa shape index (κ2) is 9.12. The molecule has 2 unspecified atom stereocenters. The number of ether oxygens (including phenoxy) is 1. The molecule has 0 aliphatic heterocycles. The molecule has 0 heterocycles. The van der Waals surface area contributed by atoms with E-state index < -0.39 is 18.0 Å². The van der Waals surface area contributed by atoms with E-state index in [9.17, 15) is 9.59 Å². The predicted molar refractivity (Wildman–Crippen MR) is 67.4 cm³/mol. The predicted octanol–water partition coefficient (Wildman–Crippen LogP) is 0.527. The summed E-state index contributed by atoms with van der Waals surface area (Å²) >= 11 is 1.61. The maximum atomic E-state index is 11.5. The zero-order valence-corrected chi connectivity index (χ0v) is 11.2. The number of aliphatic carboxylic acids is 1. The largest absolute Gasteiger partial charge is 0.480 e. The van der Waals surface area contributed by atoms with E-state index in [1.807, 2.05) is 13.2 Å². The molecule has 100 valence electrons. The lowest BCUT2D eigenvalue weighted by Gasteiger charge is -2.17. The summed E-state index contributed by atoms with van der Waals surface area (Å²) in [5.74, 6) is -0.279. The number of carbonyl (C=O) groups is 2. The Morgan fingerprint density at radius 2 is 2.06 bits per heavy atom. The average molecular weight is 264 g/mol. The number of thioether (sulfide) groups is 1. The fourth-order valence-electron chi connectivity index (χ4n) is 1.21. The lowest BCUT2D eigenvalue weighted by atomic mass is 10.2. The standard InChI is InChI=1S/C10H20N2O4S/c1-7(6-17-3)11-10(15)12-8(9(13)14)4-5-16-2/h7-8H,4-6H2,1-3H3,(H,13,14)(H2,11,12,15). The zero-order chi connectivity index (χ0) is 13.3. The highest BCUT2D eigenvalue weighted by atomic mass is 32.2. The Hall–Kier alpha value is -0.950. The van der Waals surface area contributed by atoms with E-state index >= 15 is 0 Å². The number of carboxylic acid groups (broad SMARTS) is 1. The summed E-state index contributed by atoms with van der Waals surface area (Å²) in [7, 11) is 1.49. The van der Waals surface area contributed by atoms with Crippen LogP contribution in [0, 0.1) is 0 Å². The van der Waals surface area contributed by atoms with Crippen LogP contribution in [0.3, 0.4) is 0 Å². The van der Waals surface area contributed by atoms with E-state index in [2.05, 4.69) is 10.6 Å². The molecule has 0 aromatic rings. The fraction of sp³-hybridized carbons (Fsp3) is 0.800. The summed E-state index contributed by atoms with van der Waals surface area (Å²) in [4.78, 5) is 22.3. The van der Waals surface area contributed by atoms with Gasteiger partial charge in [0.25, 0.3) is 0 Å². The Balaban J connectivity index is 4.07. The normalized spacial score (nSPS) is 13.8. The number of hydrogen-bond donors (Lipinski definition) is 3. The Morgan fingerprint density at radius 3 is 2.53 bits per heavy atom. The fourth-order valence-corrected chi connectivity index (χ4v) is 1.79. The molecule has 0 rings (SSSR count). The first kappa shape index (κ1) is 16.1. The van der Waals surface area contributed by atoms with Crippen LogP contribution >= 0.6 is 11.8 Å². The molecule has 6 nitrogen and oxygen atoms in total. The molecule has 0 saturated heterocycles. The monoisotopic (exact) mass is 264 g/mol. The highest BCUT2D eigenvalue weighted by Gasteiger charge is 2.19. The molecular weight excluding hydrogens is 244 g/mol. The van der Waals surface area contributed by atoms with E-state index in [0.29, 0.717) is 0 Å². The van der Waals surface area contributed by atoms with Gasteiger partial charge in [0.1, 0.15) is 6.04 Å². The molecule has 0 aromatic carbocycles. The summed E-state index contributed by atoms with van der Waals surface area (Å²) in [5, 5.41) is 14.0. The van der Waals surface area contributed by atoms with Gasteiger partial charge in [0.15, 0.2) is 0 Å². The minimum Gasteiger partial charge on any atom is -0.480 e. The smallest absolute Gasteiger partial charge is 0.326 e. The van der Waals surface area contributed by atoms with Crippen LogP contribution in [0.4, 0.5) is 4.79 Å². The summed E-state index contributed by atoms with van der Waals surface area (Å²) in [6.45, 7) is 2.15. The lowest BCUT2D eigenvalue weighted by Crippen LogP contribution is -2.49. The topological polar surface area (TPSA) is 87.7 Å². The molecule has 0 aliphatic rings. The first-order valence-electron chi connectivity index (χ1n) is 5.29. The van der Waals surface area contributed by atoms with Crippen LogP contribution in [0.15, 0.2) is 0 Å². The number of rotatable bonds is 8. The van der Waals surface area contributed by atoms with Crippen molar-refractivity contribution in [3.8, 4) is 0 Å². The highest BCUT2D eigenvalue weighted by molar-refractivity contribution is 7.98. The highest BCUT2D eigenvalue weighted by Crippen LogP contribution is 1.97. The van der Waals surface area contributed by atoms with Crippen molar-refractivity contribution in [3.63, 3.8) is 0 Å². The van der Waals surface area contributed by atoms with Crippen molar-refractivity contribution in [2.45, 2.75) is 25.4 Å². The van der Waals surface area contributed by atoms with Crippen LogP contribution in [0.2, 0.25) is 0 Å². The molecule has 0 fully saturated rings. The molecule has 17 heavy (non-hydrogen) atoms. The Labute approximate surface area is 105 Å². The van der Waals surface area contributed by atoms with E-state index in [-0.39, 0.29) is 19.1 Å². The van der Waals surface area contributed by atoms with E-state index in [0.717, 1.165) is 5.75 Å². The molecule has 0 aromatic heterocycles. The van der Waals surface area contributed by atoms with Gasteiger partial charge in [-0.1, -0.05) is 0 Å². The number of carbonyl (C=O) groups excluding carboxylic acids is 1. The molecule has 0 bridgehead atoms. The number of hydrogen-bond acceptors (Lipinski definition) is 4. The molecule has 3 N–H and O–H groups in total. The zero-order valence-electron chi connectivity index (χ0n) is 10.4. The third kappa shape index (κ3) is 7.87. The SMILES string of the molecule is COCCC(NC(=O)NC(C)CSC)C(=O)O. The van der Waals surface area contributed by atoms with Crippen molar-refractivity contribution in [1.82, 2.24) is 10.6 Å². The first-order chi connectivity index (χ1) is 8.01. The third-order valence-electron chi connectivity index (χ3n) is 2.01. The molecular formula is C10H20N2O4S. The van der Waals surface area contributed by atoms with Gasteiger partial charge < -0.3 is 20.5 Å². The van der Waals surface area contributed by atoms with Gasteiger partial charge in [-0.3, -0.25) is 0 Å². The second-order valence-corrected chi connectivity index (χ2v) is 4.56. The number of urea groups is 1. The first-order valence-corrected chi connectivity index (χ1v) is 6.68. The molecule has 0 aliphatic carbocycles. The van der Waals surface area contributed by atoms with Crippen LogP contribution < -0.4 is 10.6 Å². The van der Waals surface area contributed by atoms with Crippen molar-refractivity contribution >= 4 is 23.8 Å². The van der Waals surface area contributed by atoms with E-state index in [4.69, 9.17) is 9.84 Å². The van der Waals surface area contributed by atoms with E-state index in [1.165, 1.54) is 7.11 Å². The molecule has 0 saturated carbocycles. The summed E-state index contributed by atoms with van der Waals surface area (Å²) < 4.78 is 4.79. The quantitative estimate of drug-likeness (QED) is 0.595. The summed E-state index contributed by atoms with van der Waals surface area (Å²) in [6.07, 6.45) is 2.19. The average Bonchev–Trinajstić information content (AvgIpc) is 2.23. The van der Waals surface area contributed by atoms with E-state index in [1.54, 1.807) is 11.8 Å². The molecule has 2 atom stereocenters. The van der Waals surface area contributed by atoms with Crippen molar-refractivity contribution in [2.75, 3.05) is 25.7 Å². The number of methoxy groups -OCH3 is 1. The van der Waals surface area contributed by atoms with Crippen LogP contribution in [0.5, 0.6) is 0 Å². The second-order valence-electron chi connectivity index (χ2n) is 3.65. The molecule has 2 amide bonds. The summed E-state index contributed by atoms with van der Waals surface area (Å²) in [6, 6.07) is -1.38. The van der Waals surface area contributed by atoms with Gasteiger partial charge in [-0.15, -0.1) is 0 Å². The molecule has 0 radical (unpaired) electrons. The Morgan fingerprint density at radius 1 is 1.41 bits per heavy atom. The van der Waals surface area contributed by atoms with Crippen LogP contribution in [-0.4, -0.2) is 54.9 Å². The molecule has 7 heteroatoms. The van der Waals surface area contributed by atoms with Gasteiger partial charge in [0, 0.05) is 31.9 Å². The van der Waals surface area contributed by atoms with Crippen molar-refractivity contribution in [2.24, 2.45) is 0 Å². The minimum atomic E-state index is -1.06. The third-order valence-corrected chi connectivity index (χ3v) is 2.84. The van der Waals surface area contributed by atoms with Gasteiger partial charge in [0.2, 0.25) is 0 Å². The van der Waals surface area contributed by atoms with Crippen LogP contribution in [0.25, 0.3) is 0 Å². The van der Waals surface area contributed by atoms with Crippen LogP contribution in [0.1, 0.15) is 13.3 Å². The van der Waals surface area contributed by atoms with Gasteiger partial charge >= 0.3 is 12.0 Å². The Kier molecular flexibility index (Phi) is 8.61. The van der Waals surface area contributed by atoms with Gasteiger partial charge in [-0.25, -0.2) is 9.59 Å². The lowest BCUT2D eigenvalue weighted by molar-refractivity contribution is -0.139. The van der Waals surface area contributed by atoms with Gasteiger partial charge in [-0.2, -0.15) is 11.8 Å². The van der Waals surface area contributed by atoms with Crippen molar-refractivity contribution in [1.29, 1.82) is 0 Å². The van der Waals surface area contributed by atoms with Crippen molar-refractivity contribution < 1.29 is 19.4 Å². The minimum absolute atomic E-state index is 0.00173. The van der Waals surface area contributed by atoms with Crippen molar-refractivity contribution in [3.05, 3.63) is 0 Å². The summed E-state index contributed by atoms with van der Waals surface area (Å²) in [5.41, 5.74) is 0. The number of carboxylic acids is 1.